The standard InChI is InChI=1S/C14H22N6O2S/c1-3-4-6-10(9-17-23(2,21)22)18-13-12-11(7-5-8-16-12)19-14(15)20-13/h5,7-8,10,17H,3-4,6,9H2,1-2H3,(H3,15,18,19,20)/t10-/m1/s1. The molecule has 0 radical (unpaired) electrons. The molecule has 9 heteroatoms. The van der Waals surface area contributed by atoms with E-state index in [1.165, 1.54) is 0 Å². The molecule has 2 aromatic heterocycles. The van der Waals surface area contributed by atoms with Crippen molar-refractivity contribution in [2.75, 3.05) is 23.9 Å². The number of sulfonamides is 1. The first-order valence-corrected chi connectivity index (χ1v) is 9.37. The first kappa shape index (κ1) is 17.4. The Kier molecular flexibility index (Phi) is 5.67. The zero-order chi connectivity index (χ0) is 16.9. The molecule has 0 bridgehead atoms. The van der Waals surface area contributed by atoms with E-state index in [0.29, 0.717) is 16.9 Å². The number of anilines is 2. The Balaban J connectivity index is 2.24. The predicted molar refractivity (Wildman–Crippen MR) is 91.5 cm³/mol. The van der Waals surface area contributed by atoms with Crippen LogP contribution in [0.4, 0.5) is 11.8 Å². The Morgan fingerprint density at radius 1 is 1.35 bits per heavy atom. The largest absolute Gasteiger partial charge is 0.368 e. The highest BCUT2D eigenvalue weighted by Gasteiger charge is 2.15. The van der Waals surface area contributed by atoms with Crippen molar-refractivity contribution >= 4 is 32.8 Å². The minimum Gasteiger partial charge on any atom is -0.368 e. The van der Waals surface area contributed by atoms with Crippen molar-refractivity contribution in [2.24, 2.45) is 0 Å². The molecule has 0 saturated carbocycles. The summed E-state index contributed by atoms with van der Waals surface area (Å²) in [6, 6.07) is 3.48. The molecule has 2 aromatic rings. The Labute approximate surface area is 136 Å². The average Bonchev–Trinajstić information content (AvgIpc) is 2.49. The summed E-state index contributed by atoms with van der Waals surface area (Å²) in [5.74, 6) is 0.669. The fraction of sp³-hybridized carbons (Fsp3) is 0.500. The number of hydrogen-bond donors (Lipinski definition) is 3. The van der Waals surface area contributed by atoms with Crippen molar-refractivity contribution in [3.63, 3.8) is 0 Å². The topological polar surface area (TPSA) is 123 Å². The van der Waals surface area contributed by atoms with Crippen molar-refractivity contribution in [1.82, 2.24) is 19.7 Å². The molecule has 0 aliphatic rings. The molecule has 0 fully saturated rings. The summed E-state index contributed by atoms with van der Waals surface area (Å²) in [4.78, 5) is 12.6. The van der Waals surface area contributed by atoms with Gasteiger partial charge in [0.05, 0.1) is 11.8 Å². The second-order valence-corrected chi connectivity index (χ2v) is 7.24. The smallest absolute Gasteiger partial charge is 0.222 e. The van der Waals surface area contributed by atoms with Crippen LogP contribution in [0.1, 0.15) is 26.2 Å². The number of nitrogens with zero attached hydrogens (tertiary/aromatic N) is 3. The van der Waals surface area contributed by atoms with Crippen molar-refractivity contribution in [2.45, 2.75) is 32.2 Å². The van der Waals surface area contributed by atoms with Gasteiger partial charge in [0, 0.05) is 18.8 Å². The summed E-state index contributed by atoms with van der Waals surface area (Å²) >= 11 is 0. The molecule has 0 spiro atoms. The highest BCUT2D eigenvalue weighted by atomic mass is 32.2. The van der Waals surface area contributed by atoms with Gasteiger partial charge in [0.25, 0.3) is 0 Å². The van der Waals surface area contributed by atoms with E-state index >= 15 is 0 Å². The zero-order valence-electron chi connectivity index (χ0n) is 13.3. The Morgan fingerprint density at radius 3 is 2.83 bits per heavy atom. The fourth-order valence-electron chi connectivity index (χ4n) is 2.21. The van der Waals surface area contributed by atoms with E-state index < -0.39 is 10.0 Å². The molecular weight excluding hydrogens is 316 g/mol. The monoisotopic (exact) mass is 338 g/mol. The third-order valence-corrected chi connectivity index (χ3v) is 4.00. The molecule has 0 unspecified atom stereocenters. The van der Waals surface area contributed by atoms with E-state index in [-0.39, 0.29) is 18.5 Å². The third-order valence-electron chi connectivity index (χ3n) is 3.31. The van der Waals surface area contributed by atoms with Gasteiger partial charge in [0.2, 0.25) is 16.0 Å². The lowest BCUT2D eigenvalue weighted by Crippen LogP contribution is -2.36. The van der Waals surface area contributed by atoms with Crippen LogP contribution in [0, 0.1) is 0 Å². The van der Waals surface area contributed by atoms with Crippen molar-refractivity contribution in [1.29, 1.82) is 0 Å². The number of pyridine rings is 1. The van der Waals surface area contributed by atoms with Gasteiger partial charge < -0.3 is 11.1 Å². The highest BCUT2D eigenvalue weighted by Crippen LogP contribution is 2.20. The molecule has 2 heterocycles. The average molecular weight is 338 g/mol. The normalized spacial score (nSPS) is 13.1. The maximum atomic E-state index is 11.3. The van der Waals surface area contributed by atoms with E-state index in [1.54, 1.807) is 18.3 Å². The molecule has 4 N–H and O–H groups in total. The van der Waals surface area contributed by atoms with Gasteiger partial charge in [-0.05, 0) is 18.6 Å². The van der Waals surface area contributed by atoms with Crippen molar-refractivity contribution in [3.8, 4) is 0 Å². The number of rotatable bonds is 8. The number of nitrogens with two attached hydrogens (primary N) is 1. The van der Waals surface area contributed by atoms with E-state index in [4.69, 9.17) is 5.73 Å². The minimum absolute atomic E-state index is 0.107. The number of hydrogen-bond acceptors (Lipinski definition) is 7. The molecule has 0 saturated heterocycles. The van der Waals surface area contributed by atoms with Gasteiger partial charge in [-0.15, -0.1) is 0 Å². The van der Waals surface area contributed by atoms with Crippen LogP contribution < -0.4 is 15.8 Å². The second-order valence-electron chi connectivity index (χ2n) is 5.41. The van der Waals surface area contributed by atoms with Crippen LogP contribution in [-0.4, -0.2) is 42.2 Å². The zero-order valence-corrected chi connectivity index (χ0v) is 14.1. The first-order chi connectivity index (χ1) is 10.9. The van der Waals surface area contributed by atoms with E-state index in [1.807, 2.05) is 0 Å². The van der Waals surface area contributed by atoms with Crippen LogP contribution in [-0.2, 0) is 10.0 Å². The molecule has 0 aliphatic heterocycles. The molecule has 126 valence electrons. The summed E-state index contributed by atoms with van der Waals surface area (Å²) in [6.45, 7) is 2.36. The van der Waals surface area contributed by atoms with E-state index in [2.05, 4.69) is 31.9 Å². The van der Waals surface area contributed by atoms with Crippen LogP contribution in [0.5, 0.6) is 0 Å². The SMILES string of the molecule is CCCC[C@H](CNS(C)(=O)=O)Nc1nc(N)nc2cccnc12. The molecule has 2 rings (SSSR count). The van der Waals surface area contributed by atoms with Gasteiger partial charge >= 0.3 is 0 Å². The summed E-state index contributed by atoms with van der Waals surface area (Å²) in [5, 5.41) is 3.25. The lowest BCUT2D eigenvalue weighted by Gasteiger charge is -2.20. The highest BCUT2D eigenvalue weighted by molar-refractivity contribution is 7.88. The molecule has 0 aliphatic carbocycles. The maximum Gasteiger partial charge on any atom is 0.222 e. The third kappa shape index (κ3) is 5.29. The summed E-state index contributed by atoms with van der Waals surface area (Å²) in [5.41, 5.74) is 7.00. The predicted octanol–water partition coefficient (Wildman–Crippen LogP) is 1.13. The van der Waals surface area contributed by atoms with E-state index in [0.717, 1.165) is 25.5 Å². The number of unbranched alkanes of at least 4 members (excludes halogenated alkanes) is 1. The maximum absolute atomic E-state index is 11.3. The summed E-state index contributed by atoms with van der Waals surface area (Å²) in [6.07, 6.45) is 5.58. The lowest BCUT2D eigenvalue weighted by molar-refractivity contribution is 0.561. The van der Waals surface area contributed by atoms with Crippen molar-refractivity contribution in [3.05, 3.63) is 18.3 Å². The van der Waals surface area contributed by atoms with Gasteiger partial charge in [-0.2, -0.15) is 4.98 Å². The molecule has 8 nitrogen and oxygen atoms in total. The van der Waals surface area contributed by atoms with Crippen LogP contribution in [0.2, 0.25) is 0 Å². The summed E-state index contributed by atoms with van der Waals surface area (Å²) < 4.78 is 25.2. The molecule has 0 amide bonds. The summed E-state index contributed by atoms with van der Waals surface area (Å²) in [7, 11) is -3.25. The number of fused-ring (bicyclic) bond motifs is 1. The molecular formula is C14H22N6O2S. The minimum atomic E-state index is -3.25. The van der Waals surface area contributed by atoms with Gasteiger partial charge in [0.1, 0.15) is 5.52 Å². The van der Waals surface area contributed by atoms with Crippen LogP contribution >= 0.6 is 0 Å². The Morgan fingerprint density at radius 2 is 2.13 bits per heavy atom. The fourth-order valence-corrected chi connectivity index (χ4v) is 2.71. The van der Waals surface area contributed by atoms with E-state index in [9.17, 15) is 8.42 Å². The number of nitrogens with one attached hydrogen (secondary N) is 2. The van der Waals surface area contributed by atoms with Gasteiger partial charge in [-0.3, -0.25) is 4.98 Å². The molecule has 0 aromatic carbocycles. The van der Waals surface area contributed by atoms with Crippen LogP contribution in [0.3, 0.4) is 0 Å². The van der Waals surface area contributed by atoms with Crippen molar-refractivity contribution < 1.29 is 8.42 Å². The Bertz CT molecular complexity index is 765. The molecule has 23 heavy (non-hydrogen) atoms. The first-order valence-electron chi connectivity index (χ1n) is 7.48. The molecule has 1 atom stereocenters. The lowest BCUT2D eigenvalue weighted by atomic mass is 10.1. The van der Waals surface area contributed by atoms with Gasteiger partial charge in [-0.1, -0.05) is 19.8 Å². The van der Waals surface area contributed by atoms with Crippen LogP contribution in [0.15, 0.2) is 18.3 Å². The Hall–Kier alpha value is -2.00. The number of aromatic nitrogens is 3. The van der Waals surface area contributed by atoms with Gasteiger partial charge in [-0.25, -0.2) is 18.1 Å². The second kappa shape index (κ2) is 7.51. The number of nitrogen functional groups attached to an aromatic ring is 1. The van der Waals surface area contributed by atoms with Crippen LogP contribution in [0.25, 0.3) is 11.0 Å². The quantitative estimate of drug-likeness (QED) is 0.659. The van der Waals surface area contributed by atoms with Gasteiger partial charge in [0.15, 0.2) is 5.82 Å².